The van der Waals surface area contributed by atoms with Gasteiger partial charge in [-0.05, 0) is 0 Å². The van der Waals surface area contributed by atoms with Crippen LogP contribution in [-0.4, -0.2) is 27.7 Å². The second-order valence-electron chi connectivity index (χ2n) is 6.53. The molecular weight excluding hydrogens is 353 g/mol. The molecule has 0 aromatic heterocycles. The zero-order chi connectivity index (χ0) is 18.0. The number of halogens is 1. The Kier molecular flexibility index (Phi) is 5.37. The van der Waals surface area contributed by atoms with Crippen LogP contribution >= 0.6 is 11.6 Å². The normalized spacial score (nSPS) is 17.5. The Labute approximate surface area is 156 Å². The van der Waals surface area contributed by atoms with E-state index in [4.69, 9.17) is 11.6 Å². The molecule has 0 fully saturated rings. The molecule has 25 heavy (non-hydrogen) atoms. The molecule has 0 bridgehead atoms. The van der Waals surface area contributed by atoms with Gasteiger partial charge in [0.2, 0.25) is 0 Å². The molecule has 1 aromatic carbocycles. The summed E-state index contributed by atoms with van der Waals surface area (Å²) in [5.74, 6) is -0.268. The summed E-state index contributed by atoms with van der Waals surface area (Å²) in [4.78, 5) is 13.2. The molecule has 0 saturated carbocycles. The average Bonchev–Trinajstić information content (AvgIpc) is 2.58. The number of carbonyl (C=O) groups is 1. The Morgan fingerprint density at radius 1 is 1.28 bits per heavy atom. The number of nitrogens with one attached hydrogen (secondary N) is 1. The Balaban J connectivity index is 1.63. The Bertz CT molecular complexity index is 809. The van der Waals surface area contributed by atoms with Crippen molar-refractivity contribution in [3.8, 4) is 0 Å². The third kappa shape index (κ3) is 4.00. The molecule has 6 heteroatoms. The first-order valence-electron chi connectivity index (χ1n) is 8.17. The molecule has 1 aliphatic carbocycles. The molecule has 1 unspecified atom stereocenters. The second-order valence-corrected chi connectivity index (χ2v) is 8.99. The molecular formula is C19H19BClNO2S. The fourth-order valence-corrected chi connectivity index (χ4v) is 3.93. The molecule has 3 nitrogen and oxygen atoms in total. The summed E-state index contributed by atoms with van der Waals surface area (Å²) in [6.07, 6.45) is 10.5. The van der Waals surface area contributed by atoms with Crippen molar-refractivity contribution in [1.29, 1.82) is 0 Å². The topological polar surface area (TPSA) is 52.2 Å². The van der Waals surface area contributed by atoms with E-state index >= 15 is 0 Å². The van der Waals surface area contributed by atoms with Crippen molar-refractivity contribution in [1.82, 2.24) is 5.32 Å². The Hall–Kier alpha value is -1.56. The maximum absolute atomic E-state index is 12.8. The van der Waals surface area contributed by atoms with Gasteiger partial charge in [-0.2, -0.15) is 0 Å². The Morgan fingerprint density at radius 3 is 2.56 bits per heavy atom. The van der Waals surface area contributed by atoms with Crippen LogP contribution in [0.25, 0.3) is 0 Å². The van der Waals surface area contributed by atoms with Crippen LogP contribution in [0.4, 0.5) is 0 Å². The van der Waals surface area contributed by atoms with Gasteiger partial charge in [-0.1, -0.05) is 0 Å². The van der Waals surface area contributed by atoms with Crippen LogP contribution in [0.5, 0.6) is 0 Å². The first kappa shape index (κ1) is 18.2. The summed E-state index contributed by atoms with van der Waals surface area (Å²) in [5.41, 5.74) is 3.05. The molecule has 2 aliphatic rings. The minimum atomic E-state index is -1.48. The Morgan fingerprint density at radius 2 is 1.96 bits per heavy atom. The molecule has 0 radical (unpaired) electrons. The van der Waals surface area contributed by atoms with Gasteiger partial charge in [-0.25, -0.2) is 0 Å². The number of benzene rings is 1. The van der Waals surface area contributed by atoms with Gasteiger partial charge in [0.05, 0.1) is 0 Å². The van der Waals surface area contributed by atoms with Gasteiger partial charge in [-0.15, -0.1) is 0 Å². The van der Waals surface area contributed by atoms with Crippen LogP contribution in [0, 0.1) is 0 Å². The summed E-state index contributed by atoms with van der Waals surface area (Å²) >= 11 is 4.38. The van der Waals surface area contributed by atoms with Crippen LogP contribution in [0.1, 0.15) is 26.7 Å². The van der Waals surface area contributed by atoms with Crippen molar-refractivity contribution in [3.63, 3.8) is 0 Å². The van der Waals surface area contributed by atoms with E-state index in [1.165, 1.54) is 5.57 Å². The minimum absolute atomic E-state index is 0.268. The van der Waals surface area contributed by atoms with E-state index in [0.717, 1.165) is 23.9 Å². The number of allylic oxidation sites excluding steroid dienone is 5. The van der Waals surface area contributed by atoms with Crippen molar-refractivity contribution in [2.75, 3.05) is 0 Å². The fraction of sp³-hybridized carbons (Fsp3) is 0.263. The van der Waals surface area contributed by atoms with E-state index in [1.807, 2.05) is 13.0 Å². The zero-order valence-electron chi connectivity index (χ0n) is 14.2. The fourth-order valence-electron chi connectivity index (χ4n) is 2.61. The van der Waals surface area contributed by atoms with Gasteiger partial charge in [-0.3, -0.25) is 0 Å². The van der Waals surface area contributed by atoms with Crippen molar-refractivity contribution in [2.24, 2.45) is 0 Å². The summed E-state index contributed by atoms with van der Waals surface area (Å²) in [7, 11) is 0. The molecule has 128 valence electrons. The van der Waals surface area contributed by atoms with E-state index < -0.39 is 15.9 Å². The quantitative estimate of drug-likeness (QED) is 0.637. The summed E-state index contributed by atoms with van der Waals surface area (Å²) in [5, 5.41) is 3.44. The first-order valence-corrected chi connectivity index (χ1v) is 9.70. The van der Waals surface area contributed by atoms with Gasteiger partial charge in [0.1, 0.15) is 0 Å². The van der Waals surface area contributed by atoms with E-state index in [1.54, 1.807) is 38.1 Å². The van der Waals surface area contributed by atoms with E-state index in [9.17, 15) is 9.35 Å². The zero-order valence-corrected chi connectivity index (χ0v) is 15.8. The number of amides is 1. The molecule has 3 rings (SSSR count). The van der Waals surface area contributed by atoms with E-state index in [-0.39, 0.29) is 5.91 Å². The molecule has 0 saturated heterocycles. The molecule has 1 aliphatic heterocycles. The van der Waals surface area contributed by atoms with Crippen LogP contribution in [0.15, 0.2) is 64.5 Å². The number of rotatable bonds is 5. The third-order valence-corrected chi connectivity index (χ3v) is 6.31. The van der Waals surface area contributed by atoms with Gasteiger partial charge in [0, 0.05) is 0 Å². The second kappa shape index (κ2) is 7.36. The average molecular weight is 372 g/mol. The monoisotopic (exact) mass is 371 g/mol. The van der Waals surface area contributed by atoms with Crippen LogP contribution in [0.2, 0.25) is 5.02 Å². The van der Waals surface area contributed by atoms with Crippen LogP contribution in [0.3, 0.4) is 0 Å². The third-order valence-electron chi connectivity index (χ3n) is 4.25. The predicted molar refractivity (Wildman–Crippen MR) is 105 cm³/mol. The molecule has 1 N–H and O–H groups in total. The first-order chi connectivity index (χ1) is 11.9. The van der Waals surface area contributed by atoms with Gasteiger partial charge < -0.3 is 0 Å². The van der Waals surface area contributed by atoms with Gasteiger partial charge in [0.25, 0.3) is 0 Å². The van der Waals surface area contributed by atoms with Crippen LogP contribution in [-0.2, 0) is 16.0 Å². The standard InChI is InChI=1S/C19H19BClNO2S/c1-19(2,25(24)15-10-8-14(21)9-11-15)18(23)22-17-12-16(20-17)13-6-4-3-5-7-13/h4,6-12H,3,5H2,1-2H3,(H,22,23). The number of hydrogen-bond acceptors (Lipinski definition) is 2. The van der Waals surface area contributed by atoms with Gasteiger partial charge in [0.15, 0.2) is 0 Å². The van der Waals surface area contributed by atoms with Crippen molar-refractivity contribution in [2.45, 2.75) is 36.3 Å². The van der Waals surface area contributed by atoms with Gasteiger partial charge >= 0.3 is 157 Å². The molecule has 1 atom stereocenters. The molecule has 1 amide bonds. The summed E-state index contributed by atoms with van der Waals surface area (Å²) in [6.45, 7) is 5.31. The predicted octanol–water partition coefficient (Wildman–Crippen LogP) is 3.35. The van der Waals surface area contributed by atoms with E-state index in [2.05, 4.69) is 23.5 Å². The van der Waals surface area contributed by atoms with Crippen LogP contribution < -0.4 is 5.32 Å². The molecule has 0 spiro atoms. The maximum atomic E-state index is 12.8. The number of carbonyl (C=O) groups excluding carboxylic acids is 1. The number of hydrogen-bond donors (Lipinski definition) is 1. The van der Waals surface area contributed by atoms with Crippen molar-refractivity contribution in [3.05, 3.63) is 64.6 Å². The van der Waals surface area contributed by atoms with E-state index in [0.29, 0.717) is 9.92 Å². The van der Waals surface area contributed by atoms with Crippen molar-refractivity contribution >= 4 is 41.2 Å². The summed E-state index contributed by atoms with van der Waals surface area (Å²) in [6, 6.07) is 6.74. The molecule has 1 heterocycles. The molecule has 1 aromatic rings. The SMILES string of the molecule is CC(C)(C(=O)NC1=BC(C2=CCCC=C2)=C1)[S+]([O-])c1ccc(Cl)cc1. The summed E-state index contributed by atoms with van der Waals surface area (Å²) < 4.78 is 11.7. The van der Waals surface area contributed by atoms with Crippen molar-refractivity contribution < 1.29 is 9.35 Å².